The van der Waals surface area contributed by atoms with Gasteiger partial charge in [-0.05, 0) is 48.2 Å². The maximum atomic E-state index is 13.1. The molecule has 2 aromatic rings. The molecule has 0 fully saturated rings. The fourth-order valence-electron chi connectivity index (χ4n) is 2.07. The molecular weight excluding hydrogens is 287 g/mol. The van der Waals surface area contributed by atoms with Crippen molar-refractivity contribution in [3.8, 4) is 0 Å². The molecule has 20 heavy (non-hydrogen) atoms. The zero-order chi connectivity index (χ0) is 14.7. The van der Waals surface area contributed by atoms with Crippen molar-refractivity contribution in [1.82, 2.24) is 0 Å². The molecule has 0 aromatic heterocycles. The summed E-state index contributed by atoms with van der Waals surface area (Å²) >= 11 is 5.68. The van der Waals surface area contributed by atoms with Crippen LogP contribution in [0.1, 0.15) is 11.1 Å². The Morgan fingerprint density at radius 2 is 1.50 bits per heavy atom. The van der Waals surface area contributed by atoms with Gasteiger partial charge in [-0.25, -0.2) is 13.2 Å². The number of benzene rings is 2. The summed E-state index contributed by atoms with van der Waals surface area (Å²) in [6.07, 6.45) is 0.766. The van der Waals surface area contributed by atoms with Gasteiger partial charge in [0.25, 0.3) is 0 Å². The summed E-state index contributed by atoms with van der Waals surface area (Å²) < 4.78 is 39.2. The first-order chi connectivity index (χ1) is 9.44. The molecule has 1 atom stereocenters. The van der Waals surface area contributed by atoms with Gasteiger partial charge in [0.05, 0.1) is 5.02 Å². The SMILES string of the molecule is NC(Cc1cc(F)cc(F)c1)Cc1ccc(F)c(Cl)c1. The van der Waals surface area contributed by atoms with Crippen molar-refractivity contribution >= 4 is 11.6 Å². The minimum atomic E-state index is -0.628. The van der Waals surface area contributed by atoms with Gasteiger partial charge in [0, 0.05) is 12.1 Å². The van der Waals surface area contributed by atoms with Gasteiger partial charge in [0.15, 0.2) is 0 Å². The molecule has 0 aliphatic rings. The van der Waals surface area contributed by atoms with E-state index in [9.17, 15) is 13.2 Å². The van der Waals surface area contributed by atoms with Crippen LogP contribution in [0, 0.1) is 17.5 Å². The van der Waals surface area contributed by atoms with Gasteiger partial charge in [0.2, 0.25) is 0 Å². The average molecular weight is 300 g/mol. The summed E-state index contributed by atoms with van der Waals surface area (Å²) in [4.78, 5) is 0. The molecule has 0 bridgehead atoms. The first-order valence-corrected chi connectivity index (χ1v) is 6.46. The van der Waals surface area contributed by atoms with Crippen molar-refractivity contribution < 1.29 is 13.2 Å². The van der Waals surface area contributed by atoms with Gasteiger partial charge in [0.1, 0.15) is 17.5 Å². The fourth-order valence-corrected chi connectivity index (χ4v) is 2.28. The minimum Gasteiger partial charge on any atom is -0.327 e. The van der Waals surface area contributed by atoms with Gasteiger partial charge in [-0.3, -0.25) is 0 Å². The van der Waals surface area contributed by atoms with Crippen LogP contribution in [0.25, 0.3) is 0 Å². The van der Waals surface area contributed by atoms with E-state index >= 15 is 0 Å². The summed E-state index contributed by atoms with van der Waals surface area (Å²) in [5, 5.41) is 0.0338. The van der Waals surface area contributed by atoms with E-state index in [1.165, 1.54) is 24.3 Å². The van der Waals surface area contributed by atoms with Crippen molar-refractivity contribution in [3.63, 3.8) is 0 Å². The van der Waals surface area contributed by atoms with Gasteiger partial charge in [-0.15, -0.1) is 0 Å². The van der Waals surface area contributed by atoms with E-state index in [1.54, 1.807) is 6.07 Å². The van der Waals surface area contributed by atoms with E-state index in [-0.39, 0.29) is 11.1 Å². The van der Waals surface area contributed by atoms with E-state index < -0.39 is 17.5 Å². The molecule has 5 heteroatoms. The molecule has 2 rings (SSSR count). The molecule has 1 nitrogen and oxygen atoms in total. The third kappa shape index (κ3) is 3.99. The monoisotopic (exact) mass is 299 g/mol. The normalized spacial score (nSPS) is 12.4. The highest BCUT2D eigenvalue weighted by Gasteiger charge is 2.09. The molecule has 106 valence electrons. The fraction of sp³-hybridized carbons (Fsp3) is 0.200. The lowest BCUT2D eigenvalue weighted by Gasteiger charge is -2.12. The lowest BCUT2D eigenvalue weighted by Crippen LogP contribution is -2.25. The maximum Gasteiger partial charge on any atom is 0.141 e. The molecule has 1 unspecified atom stereocenters. The van der Waals surface area contributed by atoms with Crippen LogP contribution in [0.5, 0.6) is 0 Å². The van der Waals surface area contributed by atoms with Gasteiger partial charge in [-0.1, -0.05) is 17.7 Å². The van der Waals surface area contributed by atoms with E-state index in [2.05, 4.69) is 0 Å². The Hall–Kier alpha value is -1.52. The minimum absolute atomic E-state index is 0.0338. The highest BCUT2D eigenvalue weighted by Crippen LogP contribution is 2.18. The van der Waals surface area contributed by atoms with Crippen LogP contribution in [0.2, 0.25) is 5.02 Å². The lowest BCUT2D eigenvalue weighted by molar-refractivity contribution is 0.574. The molecule has 0 aliphatic heterocycles. The van der Waals surface area contributed by atoms with Gasteiger partial charge >= 0.3 is 0 Å². The first kappa shape index (κ1) is 14.9. The molecule has 0 radical (unpaired) electrons. The highest BCUT2D eigenvalue weighted by molar-refractivity contribution is 6.30. The lowest BCUT2D eigenvalue weighted by atomic mass is 9.99. The van der Waals surface area contributed by atoms with E-state index in [0.717, 1.165) is 11.6 Å². The standard InChI is InChI=1S/C15H13ClF3N/c16-14-7-9(1-2-15(14)19)5-13(20)6-10-3-11(17)8-12(18)4-10/h1-4,7-8,13H,5-6,20H2. The van der Waals surface area contributed by atoms with Crippen molar-refractivity contribution in [3.05, 3.63) is 70.0 Å². The summed E-state index contributed by atoms with van der Waals surface area (Å²) in [6, 6.07) is 7.34. The molecule has 0 amide bonds. The van der Waals surface area contributed by atoms with Crippen LogP contribution in [0.4, 0.5) is 13.2 Å². The van der Waals surface area contributed by atoms with Crippen LogP contribution in [0.3, 0.4) is 0 Å². The number of hydrogen-bond donors (Lipinski definition) is 1. The topological polar surface area (TPSA) is 26.0 Å². The Balaban J connectivity index is 2.04. The molecule has 2 N–H and O–H groups in total. The molecule has 0 spiro atoms. The predicted octanol–water partition coefficient (Wildman–Crippen LogP) is 3.87. The zero-order valence-corrected chi connectivity index (χ0v) is 11.3. The van der Waals surface area contributed by atoms with Crippen LogP contribution < -0.4 is 5.73 Å². The van der Waals surface area contributed by atoms with Crippen LogP contribution in [-0.2, 0) is 12.8 Å². The van der Waals surface area contributed by atoms with Crippen molar-refractivity contribution in [2.24, 2.45) is 5.73 Å². The van der Waals surface area contributed by atoms with E-state index in [1.807, 2.05) is 0 Å². The molecule has 0 aliphatic carbocycles. The van der Waals surface area contributed by atoms with Crippen LogP contribution in [0.15, 0.2) is 36.4 Å². The number of rotatable bonds is 4. The predicted molar refractivity (Wildman–Crippen MR) is 73.2 cm³/mol. The van der Waals surface area contributed by atoms with Gasteiger partial charge in [-0.2, -0.15) is 0 Å². The van der Waals surface area contributed by atoms with Crippen molar-refractivity contribution in [2.45, 2.75) is 18.9 Å². The number of nitrogens with two attached hydrogens (primary N) is 1. The molecule has 0 saturated heterocycles. The quantitative estimate of drug-likeness (QED) is 0.911. The summed E-state index contributed by atoms with van der Waals surface area (Å²) in [6.45, 7) is 0. The summed E-state index contributed by atoms with van der Waals surface area (Å²) in [5.41, 5.74) is 7.21. The van der Waals surface area contributed by atoms with Crippen LogP contribution >= 0.6 is 11.6 Å². The molecule has 2 aromatic carbocycles. The Labute approximate surface area is 120 Å². The average Bonchev–Trinajstić information content (AvgIpc) is 2.32. The maximum absolute atomic E-state index is 13.1. The molecule has 0 heterocycles. The van der Waals surface area contributed by atoms with Crippen LogP contribution in [-0.4, -0.2) is 6.04 Å². The van der Waals surface area contributed by atoms with E-state index in [4.69, 9.17) is 17.3 Å². The second-order valence-electron chi connectivity index (χ2n) is 4.69. The molecular formula is C15H13ClF3N. The Morgan fingerprint density at radius 1 is 0.900 bits per heavy atom. The largest absolute Gasteiger partial charge is 0.327 e. The van der Waals surface area contributed by atoms with E-state index in [0.29, 0.717) is 18.4 Å². The molecule has 0 saturated carbocycles. The Kier molecular flexibility index (Phi) is 4.68. The first-order valence-electron chi connectivity index (χ1n) is 6.08. The highest BCUT2D eigenvalue weighted by atomic mass is 35.5. The third-order valence-corrected chi connectivity index (χ3v) is 3.19. The Morgan fingerprint density at radius 3 is 2.10 bits per heavy atom. The Bertz CT molecular complexity index is 596. The van der Waals surface area contributed by atoms with Crippen molar-refractivity contribution in [1.29, 1.82) is 0 Å². The summed E-state index contributed by atoms with van der Waals surface area (Å²) in [7, 11) is 0. The van der Waals surface area contributed by atoms with Crippen molar-refractivity contribution in [2.75, 3.05) is 0 Å². The third-order valence-electron chi connectivity index (χ3n) is 2.90. The zero-order valence-electron chi connectivity index (χ0n) is 10.5. The van der Waals surface area contributed by atoms with Gasteiger partial charge < -0.3 is 5.73 Å². The number of halogens is 4. The summed E-state index contributed by atoms with van der Waals surface area (Å²) in [5.74, 6) is -1.75. The number of hydrogen-bond acceptors (Lipinski definition) is 1. The second-order valence-corrected chi connectivity index (χ2v) is 5.10. The smallest absolute Gasteiger partial charge is 0.141 e. The second kappa shape index (κ2) is 6.29.